The molecule has 0 bridgehead atoms. The summed E-state index contributed by atoms with van der Waals surface area (Å²) in [6, 6.07) is 16.4. The van der Waals surface area contributed by atoms with Crippen LogP contribution in [-0.2, 0) is 6.42 Å². The highest BCUT2D eigenvalue weighted by Gasteiger charge is 1.99. The molecule has 2 N–H and O–H groups in total. The maximum absolute atomic E-state index is 5.88. The monoisotopic (exact) mass is 378 g/mol. The van der Waals surface area contributed by atoms with E-state index in [1.165, 1.54) is 23.3 Å². The van der Waals surface area contributed by atoms with Gasteiger partial charge >= 0.3 is 0 Å². The Morgan fingerprint density at radius 2 is 1.79 bits per heavy atom. The van der Waals surface area contributed by atoms with Crippen LogP contribution in [0.3, 0.4) is 0 Å². The SMILES string of the molecule is CCCCc1ccc(NC(=S)NCCSc2ccc(Cl)cc2)cc1. The molecule has 0 fully saturated rings. The van der Waals surface area contributed by atoms with Gasteiger partial charge in [-0.2, -0.15) is 0 Å². The lowest BCUT2D eigenvalue weighted by molar-refractivity contribution is 0.795. The number of halogens is 1. The summed E-state index contributed by atoms with van der Waals surface area (Å²) in [5, 5.41) is 7.89. The Morgan fingerprint density at radius 3 is 2.46 bits per heavy atom. The van der Waals surface area contributed by atoms with E-state index in [1.807, 2.05) is 24.3 Å². The van der Waals surface area contributed by atoms with Crippen molar-refractivity contribution < 1.29 is 0 Å². The van der Waals surface area contributed by atoms with E-state index in [-0.39, 0.29) is 0 Å². The maximum atomic E-state index is 5.88. The summed E-state index contributed by atoms with van der Waals surface area (Å²) in [6.45, 7) is 3.03. The quantitative estimate of drug-likeness (QED) is 0.346. The molecule has 0 radical (unpaired) electrons. The van der Waals surface area contributed by atoms with Gasteiger partial charge < -0.3 is 10.6 Å². The largest absolute Gasteiger partial charge is 0.362 e. The molecule has 0 unspecified atom stereocenters. The minimum atomic E-state index is 0.660. The number of anilines is 1. The summed E-state index contributed by atoms with van der Waals surface area (Å²) >= 11 is 13.0. The fraction of sp³-hybridized carbons (Fsp3) is 0.316. The normalized spacial score (nSPS) is 10.4. The van der Waals surface area contributed by atoms with Crippen LogP contribution < -0.4 is 10.6 Å². The fourth-order valence-corrected chi connectivity index (χ4v) is 3.29. The molecular formula is C19H23ClN2S2. The summed E-state index contributed by atoms with van der Waals surface area (Å²) in [5.74, 6) is 0.944. The first-order valence-corrected chi connectivity index (χ1v) is 9.96. The Bertz CT molecular complexity index is 627. The highest BCUT2D eigenvalue weighted by molar-refractivity contribution is 7.99. The van der Waals surface area contributed by atoms with E-state index >= 15 is 0 Å². The Hall–Kier alpha value is -1.23. The minimum Gasteiger partial charge on any atom is -0.362 e. The van der Waals surface area contributed by atoms with E-state index in [4.69, 9.17) is 23.8 Å². The lowest BCUT2D eigenvalue weighted by atomic mass is 10.1. The van der Waals surface area contributed by atoms with Gasteiger partial charge in [0, 0.05) is 27.9 Å². The molecule has 0 aliphatic rings. The Labute approximate surface area is 159 Å². The topological polar surface area (TPSA) is 24.1 Å². The van der Waals surface area contributed by atoms with Crippen molar-refractivity contribution in [1.29, 1.82) is 0 Å². The summed E-state index contributed by atoms with van der Waals surface area (Å²) in [4.78, 5) is 1.21. The van der Waals surface area contributed by atoms with Crippen molar-refractivity contribution in [3.63, 3.8) is 0 Å². The van der Waals surface area contributed by atoms with Crippen molar-refractivity contribution in [2.45, 2.75) is 31.1 Å². The second kappa shape index (κ2) is 10.6. The van der Waals surface area contributed by atoms with Gasteiger partial charge in [-0.05, 0) is 67.0 Å². The number of thioether (sulfide) groups is 1. The van der Waals surface area contributed by atoms with Crippen LogP contribution in [0.1, 0.15) is 25.3 Å². The zero-order chi connectivity index (χ0) is 17.2. The molecular weight excluding hydrogens is 356 g/mol. The van der Waals surface area contributed by atoms with Crippen LogP contribution in [0.5, 0.6) is 0 Å². The Kier molecular flexibility index (Phi) is 8.43. The first-order valence-electron chi connectivity index (χ1n) is 8.19. The number of benzene rings is 2. The van der Waals surface area contributed by atoms with Crippen LogP contribution in [0, 0.1) is 0 Å². The van der Waals surface area contributed by atoms with Crippen LogP contribution in [0.25, 0.3) is 0 Å². The van der Waals surface area contributed by atoms with E-state index in [9.17, 15) is 0 Å². The zero-order valence-corrected chi connectivity index (χ0v) is 16.2. The summed E-state index contributed by atoms with van der Waals surface area (Å²) in [7, 11) is 0. The van der Waals surface area contributed by atoms with Crippen molar-refractivity contribution in [3.05, 3.63) is 59.1 Å². The molecule has 128 valence electrons. The number of rotatable bonds is 8. The molecule has 0 saturated carbocycles. The Morgan fingerprint density at radius 1 is 1.08 bits per heavy atom. The van der Waals surface area contributed by atoms with Crippen LogP contribution in [-0.4, -0.2) is 17.4 Å². The summed E-state index contributed by atoms with van der Waals surface area (Å²) in [6.07, 6.45) is 3.60. The van der Waals surface area contributed by atoms with E-state index in [1.54, 1.807) is 11.8 Å². The lowest BCUT2D eigenvalue weighted by Crippen LogP contribution is -2.30. The average Bonchev–Trinajstić information content (AvgIpc) is 2.60. The average molecular weight is 379 g/mol. The zero-order valence-electron chi connectivity index (χ0n) is 13.8. The van der Waals surface area contributed by atoms with Crippen LogP contribution >= 0.6 is 35.6 Å². The molecule has 0 heterocycles. The molecule has 24 heavy (non-hydrogen) atoms. The lowest BCUT2D eigenvalue weighted by Gasteiger charge is -2.11. The molecule has 0 saturated heterocycles. The molecule has 2 aromatic rings. The van der Waals surface area contributed by atoms with Gasteiger partial charge in [0.2, 0.25) is 0 Å². The summed E-state index contributed by atoms with van der Waals surface area (Å²) < 4.78 is 0. The van der Waals surface area contributed by atoms with Gasteiger partial charge in [-0.25, -0.2) is 0 Å². The summed E-state index contributed by atoms with van der Waals surface area (Å²) in [5.41, 5.74) is 2.40. The van der Waals surface area contributed by atoms with Gasteiger partial charge in [0.15, 0.2) is 5.11 Å². The van der Waals surface area contributed by atoms with Crippen LogP contribution in [0.4, 0.5) is 5.69 Å². The molecule has 2 nitrogen and oxygen atoms in total. The Balaban J connectivity index is 1.66. The molecule has 0 spiro atoms. The minimum absolute atomic E-state index is 0.660. The fourth-order valence-electron chi connectivity index (χ4n) is 2.18. The second-order valence-electron chi connectivity index (χ2n) is 5.48. The second-order valence-corrected chi connectivity index (χ2v) is 7.50. The van der Waals surface area contributed by atoms with Crippen LogP contribution in [0.15, 0.2) is 53.4 Å². The van der Waals surface area contributed by atoms with E-state index in [2.05, 4.69) is 41.8 Å². The third-order valence-electron chi connectivity index (χ3n) is 3.50. The van der Waals surface area contributed by atoms with Crippen molar-refractivity contribution in [1.82, 2.24) is 5.32 Å². The van der Waals surface area contributed by atoms with Crippen LogP contribution in [0.2, 0.25) is 5.02 Å². The predicted molar refractivity (Wildman–Crippen MR) is 111 cm³/mol. The number of nitrogens with one attached hydrogen (secondary N) is 2. The first kappa shape index (κ1) is 19.1. The molecule has 5 heteroatoms. The molecule has 2 rings (SSSR count). The van der Waals surface area contributed by atoms with Crippen molar-refractivity contribution in [2.24, 2.45) is 0 Å². The highest BCUT2D eigenvalue weighted by Crippen LogP contribution is 2.19. The van der Waals surface area contributed by atoms with Crippen molar-refractivity contribution in [2.75, 3.05) is 17.6 Å². The molecule has 0 atom stereocenters. The van der Waals surface area contributed by atoms with Gasteiger partial charge in [-0.15, -0.1) is 11.8 Å². The van der Waals surface area contributed by atoms with Gasteiger partial charge in [0.25, 0.3) is 0 Å². The van der Waals surface area contributed by atoms with Gasteiger partial charge in [-0.3, -0.25) is 0 Å². The number of thiocarbonyl (C=S) groups is 1. The smallest absolute Gasteiger partial charge is 0.170 e. The molecule has 0 amide bonds. The number of hydrogen-bond acceptors (Lipinski definition) is 2. The van der Waals surface area contributed by atoms with Crippen molar-refractivity contribution in [3.8, 4) is 0 Å². The third-order valence-corrected chi connectivity index (χ3v) is 5.01. The standard InChI is InChI=1S/C19H23ClN2S2/c1-2-3-4-15-5-9-17(10-6-15)22-19(23)21-13-14-24-18-11-7-16(20)8-12-18/h5-12H,2-4,13-14H2,1H3,(H2,21,22,23). The first-order chi connectivity index (χ1) is 11.7. The maximum Gasteiger partial charge on any atom is 0.170 e. The molecule has 0 aromatic heterocycles. The number of aryl methyl sites for hydroxylation is 1. The predicted octanol–water partition coefficient (Wildman–Crippen LogP) is 5.76. The number of unbranched alkanes of at least 4 members (excludes halogenated alkanes) is 1. The highest BCUT2D eigenvalue weighted by atomic mass is 35.5. The third kappa shape index (κ3) is 7.12. The van der Waals surface area contributed by atoms with Gasteiger partial charge in [0.05, 0.1) is 0 Å². The number of hydrogen-bond donors (Lipinski definition) is 2. The van der Waals surface area contributed by atoms with E-state index in [0.29, 0.717) is 5.11 Å². The van der Waals surface area contributed by atoms with E-state index in [0.717, 1.165) is 29.4 Å². The molecule has 0 aliphatic carbocycles. The van der Waals surface area contributed by atoms with Gasteiger partial charge in [-0.1, -0.05) is 37.1 Å². The van der Waals surface area contributed by atoms with Gasteiger partial charge in [0.1, 0.15) is 0 Å². The van der Waals surface area contributed by atoms with E-state index < -0.39 is 0 Å². The molecule has 0 aliphatic heterocycles. The van der Waals surface area contributed by atoms with Crippen molar-refractivity contribution >= 4 is 46.4 Å². The molecule has 2 aromatic carbocycles.